The largest absolute Gasteiger partial charge is 0.390 e. The van der Waals surface area contributed by atoms with Crippen LogP contribution >= 0.6 is 0 Å². The van der Waals surface area contributed by atoms with Gasteiger partial charge in [-0.3, -0.25) is 9.69 Å². The first-order chi connectivity index (χ1) is 11.2. The maximum absolute atomic E-state index is 12.7. The Morgan fingerprint density at radius 2 is 1.71 bits per heavy atom. The van der Waals surface area contributed by atoms with Gasteiger partial charge < -0.3 is 15.6 Å². The minimum atomic E-state index is -0.634. The van der Waals surface area contributed by atoms with E-state index in [2.05, 4.69) is 25.7 Å². The lowest BCUT2D eigenvalue weighted by atomic mass is 9.46. The number of amides is 1. The molecule has 0 aromatic rings. The van der Waals surface area contributed by atoms with E-state index < -0.39 is 11.1 Å². The Labute approximate surface area is 144 Å². The van der Waals surface area contributed by atoms with Crippen LogP contribution in [0.3, 0.4) is 0 Å². The molecule has 0 spiro atoms. The molecule has 5 aliphatic rings. The monoisotopic (exact) mass is 336 g/mol. The standard InChI is InChI=1S/C19H32N2O3/c1-11-9-21(10-12(2)24-11)18(3,17(20)22)16-14-4-13-5-15(16)8-19(23,6-13)7-14/h11-16,23H,4-10H2,1-3H3,(H2,20,22)/t11-,12+,13?,14?,15?,16?,18?,19?. The normalized spacial score (nSPS) is 50.7. The van der Waals surface area contributed by atoms with Gasteiger partial charge in [0.1, 0.15) is 5.54 Å². The SMILES string of the molecule is C[C@@H]1CN(C(C)(C(N)=O)C2C3CC4CC2CC(O)(C4)C3)C[C@H](C)O1. The number of hydrogen-bond acceptors (Lipinski definition) is 4. The fourth-order valence-electron chi connectivity index (χ4n) is 6.99. The summed E-state index contributed by atoms with van der Waals surface area (Å²) in [5, 5.41) is 10.9. The van der Waals surface area contributed by atoms with Gasteiger partial charge in [-0.05, 0) is 76.5 Å². The van der Waals surface area contributed by atoms with E-state index in [-0.39, 0.29) is 24.0 Å². The average molecular weight is 336 g/mol. The topological polar surface area (TPSA) is 75.8 Å². The van der Waals surface area contributed by atoms with E-state index in [1.54, 1.807) is 0 Å². The molecule has 1 saturated heterocycles. The smallest absolute Gasteiger partial charge is 0.237 e. The third kappa shape index (κ3) is 2.43. The molecule has 0 aromatic heterocycles. The summed E-state index contributed by atoms with van der Waals surface area (Å²) in [5.41, 5.74) is 4.91. The highest BCUT2D eigenvalue weighted by Crippen LogP contribution is 2.61. The van der Waals surface area contributed by atoms with Gasteiger partial charge in [-0.25, -0.2) is 0 Å². The number of nitrogens with zero attached hydrogens (tertiary/aromatic N) is 1. The summed E-state index contributed by atoms with van der Waals surface area (Å²) < 4.78 is 5.88. The Hall–Kier alpha value is -0.650. The molecule has 4 saturated carbocycles. The fourth-order valence-corrected chi connectivity index (χ4v) is 6.99. The summed E-state index contributed by atoms with van der Waals surface area (Å²) in [5.74, 6) is 1.56. The minimum absolute atomic E-state index is 0.119. The van der Waals surface area contributed by atoms with Crippen LogP contribution in [0.5, 0.6) is 0 Å². The van der Waals surface area contributed by atoms with Gasteiger partial charge in [0.05, 0.1) is 17.8 Å². The third-order valence-electron chi connectivity index (χ3n) is 7.47. The van der Waals surface area contributed by atoms with E-state index >= 15 is 0 Å². The molecule has 5 heteroatoms. The fraction of sp³-hybridized carbons (Fsp3) is 0.947. The molecule has 0 radical (unpaired) electrons. The molecule has 5 nitrogen and oxygen atoms in total. The molecule has 5 fully saturated rings. The number of morpholine rings is 1. The Balaban J connectivity index is 1.67. The van der Waals surface area contributed by atoms with Crippen LogP contribution in [0.15, 0.2) is 0 Å². The van der Waals surface area contributed by atoms with Gasteiger partial charge in [0.15, 0.2) is 0 Å². The van der Waals surface area contributed by atoms with Gasteiger partial charge in [0.25, 0.3) is 0 Å². The van der Waals surface area contributed by atoms with Crippen molar-refractivity contribution in [2.45, 2.75) is 76.2 Å². The second-order valence-corrected chi connectivity index (χ2v) is 9.39. The summed E-state index contributed by atoms with van der Waals surface area (Å²) in [6.45, 7) is 7.73. The summed E-state index contributed by atoms with van der Waals surface area (Å²) in [6.07, 6.45) is 5.21. The highest BCUT2D eigenvalue weighted by molar-refractivity contribution is 5.85. The predicted molar refractivity (Wildman–Crippen MR) is 91.2 cm³/mol. The Morgan fingerprint density at radius 1 is 1.17 bits per heavy atom. The number of rotatable bonds is 3. The van der Waals surface area contributed by atoms with E-state index in [1.807, 2.05) is 0 Å². The van der Waals surface area contributed by atoms with E-state index in [0.717, 1.165) is 45.2 Å². The Bertz CT molecular complexity index is 513. The first-order valence-electron chi connectivity index (χ1n) is 9.64. The molecule has 0 aromatic carbocycles. The van der Waals surface area contributed by atoms with Gasteiger partial charge in [-0.1, -0.05) is 0 Å². The number of aliphatic hydroxyl groups is 1. The van der Waals surface area contributed by atoms with Crippen molar-refractivity contribution in [2.24, 2.45) is 29.4 Å². The Morgan fingerprint density at radius 3 is 2.17 bits per heavy atom. The molecule has 1 heterocycles. The number of hydrogen-bond donors (Lipinski definition) is 2. The summed E-state index contributed by atoms with van der Waals surface area (Å²) in [6, 6.07) is 0. The van der Waals surface area contributed by atoms with Gasteiger partial charge in [-0.2, -0.15) is 0 Å². The Kier molecular flexibility index (Phi) is 3.79. The minimum Gasteiger partial charge on any atom is -0.390 e. The second-order valence-electron chi connectivity index (χ2n) is 9.39. The molecule has 136 valence electrons. The molecule has 4 bridgehead atoms. The summed E-state index contributed by atoms with van der Waals surface area (Å²) in [4.78, 5) is 15.0. The van der Waals surface area contributed by atoms with E-state index in [9.17, 15) is 9.90 Å². The van der Waals surface area contributed by atoms with Crippen LogP contribution in [-0.4, -0.2) is 52.4 Å². The molecule has 5 rings (SSSR count). The van der Waals surface area contributed by atoms with Crippen molar-refractivity contribution in [3.63, 3.8) is 0 Å². The molecule has 1 aliphatic heterocycles. The van der Waals surface area contributed by atoms with E-state index in [1.165, 1.54) is 0 Å². The predicted octanol–water partition coefficient (Wildman–Crippen LogP) is 1.53. The van der Waals surface area contributed by atoms with E-state index in [4.69, 9.17) is 10.5 Å². The van der Waals surface area contributed by atoms with Crippen LogP contribution in [-0.2, 0) is 9.53 Å². The van der Waals surface area contributed by atoms with Crippen molar-refractivity contribution in [3.8, 4) is 0 Å². The van der Waals surface area contributed by atoms with Crippen molar-refractivity contribution in [2.75, 3.05) is 13.1 Å². The first-order valence-corrected chi connectivity index (χ1v) is 9.64. The van der Waals surface area contributed by atoms with Crippen LogP contribution in [0.1, 0.15) is 52.9 Å². The van der Waals surface area contributed by atoms with Crippen LogP contribution in [0.4, 0.5) is 0 Å². The highest BCUT2D eigenvalue weighted by atomic mass is 16.5. The third-order valence-corrected chi connectivity index (χ3v) is 7.47. The van der Waals surface area contributed by atoms with Crippen LogP contribution in [0, 0.1) is 23.7 Å². The van der Waals surface area contributed by atoms with Crippen LogP contribution < -0.4 is 5.73 Å². The van der Waals surface area contributed by atoms with E-state index in [0.29, 0.717) is 17.8 Å². The van der Waals surface area contributed by atoms with Gasteiger partial charge in [0, 0.05) is 13.1 Å². The lowest BCUT2D eigenvalue weighted by molar-refractivity contribution is -0.197. The summed E-state index contributed by atoms with van der Waals surface area (Å²) >= 11 is 0. The molecule has 1 amide bonds. The highest BCUT2D eigenvalue weighted by Gasteiger charge is 2.62. The van der Waals surface area contributed by atoms with Gasteiger partial charge in [-0.15, -0.1) is 0 Å². The van der Waals surface area contributed by atoms with Gasteiger partial charge >= 0.3 is 0 Å². The zero-order chi connectivity index (χ0) is 17.3. The maximum atomic E-state index is 12.7. The van der Waals surface area contributed by atoms with Gasteiger partial charge in [0.2, 0.25) is 5.91 Å². The number of ether oxygens (including phenoxy) is 1. The lowest BCUT2D eigenvalue weighted by Gasteiger charge is -2.63. The molecular formula is C19H32N2O3. The number of nitrogens with two attached hydrogens (primary N) is 1. The molecule has 3 N–H and O–H groups in total. The number of carbonyl (C=O) groups excluding carboxylic acids is 1. The molecule has 24 heavy (non-hydrogen) atoms. The molecule has 5 atom stereocenters. The molecular weight excluding hydrogens is 304 g/mol. The average Bonchev–Trinajstić information content (AvgIpc) is 2.43. The number of carbonyl (C=O) groups is 1. The number of primary amides is 1. The van der Waals surface area contributed by atoms with Crippen molar-refractivity contribution in [1.29, 1.82) is 0 Å². The van der Waals surface area contributed by atoms with Crippen molar-refractivity contribution in [1.82, 2.24) is 4.90 Å². The van der Waals surface area contributed by atoms with Crippen molar-refractivity contribution in [3.05, 3.63) is 0 Å². The van der Waals surface area contributed by atoms with Crippen LogP contribution in [0.25, 0.3) is 0 Å². The van der Waals surface area contributed by atoms with Crippen molar-refractivity contribution >= 4 is 5.91 Å². The maximum Gasteiger partial charge on any atom is 0.237 e. The first kappa shape index (κ1) is 16.8. The zero-order valence-electron chi connectivity index (χ0n) is 15.2. The van der Waals surface area contributed by atoms with Crippen LogP contribution in [0.2, 0.25) is 0 Å². The molecule has 3 unspecified atom stereocenters. The quantitative estimate of drug-likeness (QED) is 0.819. The zero-order valence-corrected chi connectivity index (χ0v) is 15.2. The summed E-state index contributed by atoms with van der Waals surface area (Å²) in [7, 11) is 0. The lowest BCUT2D eigenvalue weighted by Crippen LogP contribution is -2.70. The molecule has 4 aliphatic carbocycles. The second kappa shape index (κ2) is 5.42. The van der Waals surface area contributed by atoms with Crippen molar-refractivity contribution < 1.29 is 14.6 Å².